The van der Waals surface area contributed by atoms with E-state index in [1.54, 1.807) is 6.21 Å². The molecule has 0 atom stereocenters. The Morgan fingerprint density at radius 3 is 2.37 bits per heavy atom. The molecule has 0 saturated heterocycles. The Balaban J connectivity index is 1.99. The lowest BCUT2D eigenvalue weighted by molar-refractivity contribution is -0.137. The summed E-state index contributed by atoms with van der Waals surface area (Å²) < 4.78 is 36.9. The molecule has 98 valence electrons. The van der Waals surface area contributed by atoms with Gasteiger partial charge in [0.1, 0.15) is 5.82 Å². The molecule has 0 spiro atoms. The summed E-state index contributed by atoms with van der Waals surface area (Å²) >= 11 is 0. The van der Waals surface area contributed by atoms with Gasteiger partial charge in [-0.1, -0.05) is 30.3 Å². The van der Waals surface area contributed by atoms with Crippen LogP contribution >= 0.6 is 0 Å². The van der Waals surface area contributed by atoms with Crippen molar-refractivity contribution >= 4 is 12.0 Å². The highest BCUT2D eigenvalue weighted by Crippen LogP contribution is 2.28. The van der Waals surface area contributed by atoms with Gasteiger partial charge in [-0.3, -0.25) is 5.43 Å². The highest BCUT2D eigenvalue weighted by molar-refractivity contribution is 5.79. The van der Waals surface area contributed by atoms with Crippen LogP contribution in [0.15, 0.2) is 53.8 Å². The first kappa shape index (κ1) is 13.1. The van der Waals surface area contributed by atoms with Crippen molar-refractivity contribution in [3.05, 3.63) is 59.8 Å². The number of hydrazone groups is 1. The third-order valence-electron chi connectivity index (χ3n) is 2.28. The predicted octanol–water partition coefficient (Wildman–Crippen LogP) is 3.55. The van der Waals surface area contributed by atoms with E-state index in [4.69, 9.17) is 0 Å². The lowest BCUT2D eigenvalue weighted by Gasteiger charge is -2.06. The van der Waals surface area contributed by atoms with Crippen LogP contribution in [0.25, 0.3) is 0 Å². The third-order valence-corrected chi connectivity index (χ3v) is 2.28. The number of alkyl halides is 3. The molecule has 1 N–H and O–H groups in total. The van der Waals surface area contributed by atoms with E-state index in [0.29, 0.717) is 0 Å². The van der Waals surface area contributed by atoms with Crippen LogP contribution in [0.1, 0.15) is 11.1 Å². The molecule has 0 aliphatic rings. The van der Waals surface area contributed by atoms with Crippen LogP contribution in [0.5, 0.6) is 0 Å². The first-order valence-electron chi connectivity index (χ1n) is 5.43. The van der Waals surface area contributed by atoms with E-state index in [0.717, 1.165) is 17.8 Å². The smallest absolute Gasteiger partial charge is 0.261 e. The van der Waals surface area contributed by atoms with Gasteiger partial charge in [0, 0.05) is 6.20 Å². The van der Waals surface area contributed by atoms with Crippen molar-refractivity contribution in [2.45, 2.75) is 6.18 Å². The maximum atomic E-state index is 12.3. The van der Waals surface area contributed by atoms with Crippen molar-refractivity contribution < 1.29 is 13.2 Å². The highest BCUT2D eigenvalue weighted by Gasteiger charge is 2.30. The summed E-state index contributed by atoms with van der Waals surface area (Å²) in [5.74, 6) is 0.250. The quantitative estimate of drug-likeness (QED) is 0.680. The fourth-order valence-corrected chi connectivity index (χ4v) is 1.34. The molecule has 0 aliphatic heterocycles. The summed E-state index contributed by atoms with van der Waals surface area (Å²) in [6.45, 7) is 0. The predicted molar refractivity (Wildman–Crippen MR) is 66.9 cm³/mol. The molecule has 2 aromatic rings. The Labute approximate surface area is 107 Å². The van der Waals surface area contributed by atoms with Gasteiger partial charge in [-0.2, -0.15) is 18.3 Å². The maximum Gasteiger partial charge on any atom is 0.417 e. The van der Waals surface area contributed by atoms with E-state index in [-0.39, 0.29) is 5.82 Å². The molecule has 0 saturated carbocycles. The van der Waals surface area contributed by atoms with Crippen LogP contribution in [0.4, 0.5) is 19.0 Å². The van der Waals surface area contributed by atoms with Crippen LogP contribution in [0, 0.1) is 0 Å². The van der Waals surface area contributed by atoms with Crippen LogP contribution in [-0.4, -0.2) is 11.2 Å². The Hall–Kier alpha value is -2.37. The summed E-state index contributed by atoms with van der Waals surface area (Å²) in [7, 11) is 0. The summed E-state index contributed by atoms with van der Waals surface area (Å²) in [5, 5.41) is 3.88. The molecule has 0 fully saturated rings. The van der Waals surface area contributed by atoms with Crippen LogP contribution < -0.4 is 5.43 Å². The van der Waals surface area contributed by atoms with Crippen molar-refractivity contribution in [2.24, 2.45) is 5.10 Å². The molecule has 3 nitrogen and oxygen atoms in total. The Morgan fingerprint density at radius 1 is 1.05 bits per heavy atom. The van der Waals surface area contributed by atoms with Crippen molar-refractivity contribution in [3.8, 4) is 0 Å². The fourth-order valence-electron chi connectivity index (χ4n) is 1.34. The van der Waals surface area contributed by atoms with Gasteiger partial charge in [0.25, 0.3) is 0 Å². The first-order chi connectivity index (χ1) is 9.05. The summed E-state index contributed by atoms with van der Waals surface area (Å²) in [6.07, 6.45) is -2.06. The van der Waals surface area contributed by atoms with E-state index in [9.17, 15) is 13.2 Å². The van der Waals surface area contributed by atoms with Crippen molar-refractivity contribution in [2.75, 3.05) is 5.43 Å². The number of rotatable bonds is 3. The van der Waals surface area contributed by atoms with E-state index in [1.807, 2.05) is 30.3 Å². The van der Waals surface area contributed by atoms with Gasteiger partial charge in [-0.25, -0.2) is 4.98 Å². The summed E-state index contributed by atoms with van der Waals surface area (Å²) in [5.41, 5.74) is 2.65. The molecule has 0 bridgehead atoms. The van der Waals surface area contributed by atoms with Gasteiger partial charge in [0.2, 0.25) is 0 Å². The molecular weight excluding hydrogens is 255 g/mol. The average molecular weight is 265 g/mol. The zero-order valence-electron chi connectivity index (χ0n) is 9.72. The number of nitrogens with one attached hydrogen (secondary N) is 1. The molecule has 1 aromatic carbocycles. The van der Waals surface area contributed by atoms with Crippen molar-refractivity contribution in [3.63, 3.8) is 0 Å². The monoisotopic (exact) mass is 265 g/mol. The van der Waals surface area contributed by atoms with Crippen molar-refractivity contribution in [1.29, 1.82) is 0 Å². The minimum Gasteiger partial charge on any atom is -0.261 e. The number of anilines is 1. The fraction of sp³-hybridized carbons (Fsp3) is 0.0769. The Bertz CT molecular complexity index is 548. The van der Waals surface area contributed by atoms with Gasteiger partial charge in [-0.15, -0.1) is 0 Å². The second-order valence-electron chi connectivity index (χ2n) is 3.71. The van der Waals surface area contributed by atoms with E-state index in [2.05, 4.69) is 15.5 Å². The number of hydrogen-bond donors (Lipinski definition) is 1. The first-order valence-corrected chi connectivity index (χ1v) is 5.43. The van der Waals surface area contributed by atoms with Crippen LogP contribution in [0.3, 0.4) is 0 Å². The SMILES string of the molecule is FC(F)(F)c1ccc(N/N=C/c2ccccc2)nc1. The summed E-state index contributed by atoms with van der Waals surface area (Å²) in [4.78, 5) is 3.63. The van der Waals surface area contributed by atoms with Gasteiger partial charge >= 0.3 is 6.18 Å². The van der Waals surface area contributed by atoms with Crippen molar-refractivity contribution in [1.82, 2.24) is 4.98 Å². The lowest BCUT2D eigenvalue weighted by atomic mass is 10.2. The topological polar surface area (TPSA) is 37.3 Å². The maximum absolute atomic E-state index is 12.3. The Kier molecular flexibility index (Phi) is 3.79. The molecule has 6 heteroatoms. The zero-order valence-corrected chi connectivity index (χ0v) is 9.72. The largest absolute Gasteiger partial charge is 0.417 e. The van der Waals surface area contributed by atoms with Gasteiger partial charge in [-0.05, 0) is 17.7 Å². The second-order valence-corrected chi connectivity index (χ2v) is 3.71. The minimum atomic E-state index is -4.38. The summed E-state index contributed by atoms with van der Waals surface area (Å²) in [6, 6.07) is 11.5. The zero-order chi connectivity index (χ0) is 13.7. The third kappa shape index (κ3) is 3.80. The van der Waals surface area contributed by atoms with E-state index >= 15 is 0 Å². The molecule has 0 amide bonds. The standard InChI is InChI=1S/C13H10F3N3/c14-13(15,16)11-6-7-12(17-9-11)19-18-8-10-4-2-1-3-5-10/h1-9H,(H,17,19)/b18-8+. The second kappa shape index (κ2) is 5.51. The molecule has 1 aromatic heterocycles. The average Bonchev–Trinajstić information content (AvgIpc) is 2.39. The number of nitrogens with zero attached hydrogens (tertiary/aromatic N) is 2. The van der Waals surface area contributed by atoms with E-state index in [1.165, 1.54) is 6.07 Å². The Morgan fingerprint density at radius 2 is 1.79 bits per heavy atom. The molecule has 2 rings (SSSR count). The molecule has 0 unspecified atom stereocenters. The van der Waals surface area contributed by atoms with Gasteiger partial charge in [0.05, 0.1) is 11.8 Å². The number of hydrogen-bond acceptors (Lipinski definition) is 3. The molecule has 0 aliphatic carbocycles. The van der Waals surface area contributed by atoms with E-state index < -0.39 is 11.7 Å². The van der Waals surface area contributed by atoms with Gasteiger partial charge in [0.15, 0.2) is 0 Å². The minimum absolute atomic E-state index is 0.250. The van der Waals surface area contributed by atoms with Gasteiger partial charge < -0.3 is 0 Å². The number of aromatic nitrogens is 1. The normalized spacial score (nSPS) is 11.7. The number of pyridine rings is 1. The molecule has 1 heterocycles. The lowest BCUT2D eigenvalue weighted by Crippen LogP contribution is -2.05. The number of benzene rings is 1. The number of halogens is 3. The molecule has 19 heavy (non-hydrogen) atoms. The highest BCUT2D eigenvalue weighted by atomic mass is 19.4. The van der Waals surface area contributed by atoms with Crippen LogP contribution in [-0.2, 0) is 6.18 Å². The molecule has 0 radical (unpaired) electrons. The molecular formula is C13H10F3N3. The van der Waals surface area contributed by atoms with Crippen LogP contribution in [0.2, 0.25) is 0 Å².